The molecule has 5 nitrogen and oxygen atoms in total. The Hall–Kier alpha value is -2.89. The highest BCUT2D eigenvalue weighted by Gasteiger charge is 2.33. The maximum Gasteiger partial charge on any atom is 0.261 e. The van der Waals surface area contributed by atoms with E-state index in [9.17, 15) is 14.0 Å². The molecule has 0 saturated heterocycles. The van der Waals surface area contributed by atoms with Crippen molar-refractivity contribution in [2.75, 3.05) is 11.9 Å². The van der Waals surface area contributed by atoms with Crippen LogP contribution in [0.5, 0.6) is 5.75 Å². The van der Waals surface area contributed by atoms with Crippen LogP contribution in [0.1, 0.15) is 30.4 Å². The molecule has 1 heterocycles. The van der Waals surface area contributed by atoms with Gasteiger partial charge in [-0.2, -0.15) is 0 Å². The van der Waals surface area contributed by atoms with Crippen LogP contribution < -0.4 is 10.1 Å². The molecule has 2 aromatic rings. The number of fused-ring (bicyclic) bond motifs is 1. The minimum Gasteiger partial charge on any atom is -0.484 e. The number of nitrogens with one attached hydrogen (secondary N) is 1. The lowest BCUT2D eigenvalue weighted by Gasteiger charge is -2.23. The highest BCUT2D eigenvalue weighted by molar-refractivity contribution is 5.94. The van der Waals surface area contributed by atoms with Crippen molar-refractivity contribution in [3.63, 3.8) is 0 Å². The second kappa shape index (κ2) is 7.39. The molecule has 6 heteroatoms. The molecule has 1 aliphatic heterocycles. The number of anilines is 1. The summed E-state index contributed by atoms with van der Waals surface area (Å²) in [5, 5.41) is 2.82. The summed E-state index contributed by atoms with van der Waals surface area (Å²) < 4.78 is 19.6. The van der Waals surface area contributed by atoms with Crippen LogP contribution in [-0.2, 0) is 22.6 Å². The van der Waals surface area contributed by atoms with Crippen LogP contribution in [0.4, 0.5) is 10.1 Å². The zero-order valence-electron chi connectivity index (χ0n) is 14.9. The molecule has 27 heavy (non-hydrogen) atoms. The second-order valence-electron chi connectivity index (χ2n) is 7.00. The molecule has 2 aromatic carbocycles. The number of rotatable bonds is 6. The topological polar surface area (TPSA) is 58.6 Å². The average molecular weight is 368 g/mol. The summed E-state index contributed by atoms with van der Waals surface area (Å²) in [6, 6.07) is 12.1. The number of hydrogen-bond acceptors (Lipinski definition) is 3. The molecule has 0 unspecified atom stereocenters. The Labute approximate surface area is 157 Å². The first-order valence-corrected chi connectivity index (χ1v) is 9.18. The Kier molecular flexibility index (Phi) is 4.79. The van der Waals surface area contributed by atoms with Crippen molar-refractivity contribution in [2.24, 2.45) is 0 Å². The number of halogens is 1. The van der Waals surface area contributed by atoms with E-state index in [2.05, 4.69) is 5.32 Å². The molecule has 1 saturated carbocycles. The van der Waals surface area contributed by atoms with Crippen LogP contribution in [0.2, 0.25) is 0 Å². The first-order valence-electron chi connectivity index (χ1n) is 9.18. The van der Waals surface area contributed by atoms with Gasteiger partial charge in [0.05, 0.1) is 0 Å². The predicted octanol–water partition coefficient (Wildman–Crippen LogP) is 3.28. The van der Waals surface area contributed by atoms with Crippen LogP contribution >= 0.6 is 0 Å². The molecular formula is C21H21FN2O3. The Morgan fingerprint density at radius 1 is 1.19 bits per heavy atom. The summed E-state index contributed by atoms with van der Waals surface area (Å²) in [7, 11) is 0. The minimum atomic E-state index is -0.298. The van der Waals surface area contributed by atoms with Crippen molar-refractivity contribution in [1.82, 2.24) is 4.90 Å². The maximum atomic E-state index is 13.9. The summed E-state index contributed by atoms with van der Waals surface area (Å²) in [5.41, 5.74) is 2.32. The number of carbonyl (C=O) groups is 2. The Balaban J connectivity index is 1.40. The fourth-order valence-electron chi connectivity index (χ4n) is 3.29. The van der Waals surface area contributed by atoms with Crippen molar-refractivity contribution in [1.29, 1.82) is 0 Å². The summed E-state index contributed by atoms with van der Waals surface area (Å²) in [6.45, 7) is 0.172. The normalized spacial score (nSPS) is 15.7. The summed E-state index contributed by atoms with van der Waals surface area (Å²) in [4.78, 5) is 25.8. The predicted molar refractivity (Wildman–Crippen MR) is 98.9 cm³/mol. The lowest BCUT2D eigenvalue weighted by Crippen LogP contribution is -2.36. The smallest absolute Gasteiger partial charge is 0.261 e. The van der Waals surface area contributed by atoms with Gasteiger partial charge in [0.2, 0.25) is 5.91 Å². The third-order valence-corrected chi connectivity index (χ3v) is 4.94. The lowest BCUT2D eigenvalue weighted by molar-refractivity contribution is -0.134. The Bertz CT molecular complexity index is 879. The molecule has 0 radical (unpaired) electrons. The van der Waals surface area contributed by atoms with Gasteiger partial charge in [0, 0.05) is 30.3 Å². The maximum absolute atomic E-state index is 13.9. The van der Waals surface area contributed by atoms with E-state index in [0.717, 1.165) is 24.1 Å². The van der Waals surface area contributed by atoms with Crippen molar-refractivity contribution >= 4 is 17.5 Å². The number of nitrogens with zero attached hydrogens (tertiary/aromatic N) is 1. The molecule has 0 bridgehead atoms. The van der Waals surface area contributed by atoms with E-state index >= 15 is 0 Å². The minimum absolute atomic E-state index is 0.0135. The third-order valence-electron chi connectivity index (χ3n) is 4.94. The van der Waals surface area contributed by atoms with Crippen LogP contribution in [0.25, 0.3) is 0 Å². The number of carbonyl (C=O) groups excluding carboxylic acids is 2. The zero-order chi connectivity index (χ0) is 18.8. The molecule has 2 aliphatic rings. The van der Waals surface area contributed by atoms with Gasteiger partial charge >= 0.3 is 0 Å². The van der Waals surface area contributed by atoms with Gasteiger partial charge in [-0.3, -0.25) is 9.59 Å². The fourth-order valence-corrected chi connectivity index (χ4v) is 3.29. The van der Waals surface area contributed by atoms with Crippen molar-refractivity contribution in [2.45, 2.75) is 38.3 Å². The number of ether oxygens (including phenoxy) is 1. The molecule has 1 N–H and O–H groups in total. The van der Waals surface area contributed by atoms with Gasteiger partial charge in [-0.05, 0) is 49.1 Å². The highest BCUT2D eigenvalue weighted by atomic mass is 19.1. The number of amides is 2. The van der Waals surface area contributed by atoms with Crippen molar-refractivity contribution in [3.8, 4) is 5.75 Å². The lowest BCUT2D eigenvalue weighted by atomic mass is 10.0. The average Bonchev–Trinajstić information content (AvgIpc) is 3.50. The van der Waals surface area contributed by atoms with E-state index < -0.39 is 0 Å². The van der Waals surface area contributed by atoms with E-state index in [1.54, 1.807) is 35.2 Å². The van der Waals surface area contributed by atoms with E-state index in [1.807, 2.05) is 6.07 Å². The van der Waals surface area contributed by atoms with E-state index in [-0.39, 0.29) is 36.8 Å². The van der Waals surface area contributed by atoms with Crippen LogP contribution in [0.3, 0.4) is 0 Å². The van der Waals surface area contributed by atoms with Crippen LogP contribution in [-0.4, -0.2) is 29.4 Å². The first kappa shape index (κ1) is 17.5. The highest BCUT2D eigenvalue weighted by Crippen LogP contribution is 2.30. The van der Waals surface area contributed by atoms with Gasteiger partial charge in [0.15, 0.2) is 6.61 Å². The van der Waals surface area contributed by atoms with Crippen molar-refractivity contribution < 1.29 is 18.7 Å². The van der Waals surface area contributed by atoms with Gasteiger partial charge < -0.3 is 15.0 Å². The number of hydrogen-bond donors (Lipinski definition) is 1. The fraction of sp³-hybridized carbons (Fsp3) is 0.333. The van der Waals surface area contributed by atoms with Gasteiger partial charge in [-0.1, -0.05) is 18.2 Å². The Morgan fingerprint density at radius 3 is 2.78 bits per heavy atom. The number of benzene rings is 2. The van der Waals surface area contributed by atoms with Crippen LogP contribution in [0.15, 0.2) is 42.5 Å². The van der Waals surface area contributed by atoms with E-state index in [1.165, 1.54) is 6.07 Å². The first-order chi connectivity index (χ1) is 13.1. The summed E-state index contributed by atoms with van der Waals surface area (Å²) in [5.74, 6) is 0.167. The molecule has 1 aliphatic carbocycles. The zero-order valence-corrected chi connectivity index (χ0v) is 14.9. The molecule has 2 amide bonds. The molecule has 0 spiro atoms. The van der Waals surface area contributed by atoms with E-state index in [0.29, 0.717) is 24.2 Å². The Morgan fingerprint density at radius 2 is 2.00 bits per heavy atom. The van der Waals surface area contributed by atoms with Gasteiger partial charge in [0.25, 0.3) is 5.91 Å². The molecule has 0 aromatic heterocycles. The van der Waals surface area contributed by atoms with Gasteiger partial charge in [0.1, 0.15) is 11.6 Å². The standard InChI is InChI=1S/C21H21FN2O3/c22-18-4-2-1-3-15(18)12-24(16-6-7-16)21(26)13-27-17-8-9-19-14(11-17)5-10-20(25)23-19/h1-4,8-9,11,16H,5-7,10,12-13H2,(H,23,25). The monoisotopic (exact) mass is 368 g/mol. The molecule has 1 fully saturated rings. The quantitative estimate of drug-likeness (QED) is 0.851. The van der Waals surface area contributed by atoms with E-state index in [4.69, 9.17) is 4.74 Å². The molecule has 0 atom stereocenters. The van der Waals surface area contributed by atoms with Crippen molar-refractivity contribution in [3.05, 3.63) is 59.4 Å². The second-order valence-corrected chi connectivity index (χ2v) is 7.00. The SMILES string of the molecule is O=C1CCc2cc(OCC(=O)N(Cc3ccccc3F)C3CC3)ccc2N1. The summed E-state index contributed by atoms with van der Waals surface area (Å²) >= 11 is 0. The summed E-state index contributed by atoms with van der Waals surface area (Å²) in [6.07, 6.45) is 3.00. The third kappa shape index (κ3) is 4.10. The number of aryl methyl sites for hydroxylation is 1. The van der Waals surface area contributed by atoms with Gasteiger partial charge in [-0.15, -0.1) is 0 Å². The van der Waals surface area contributed by atoms with Gasteiger partial charge in [-0.25, -0.2) is 4.39 Å². The van der Waals surface area contributed by atoms with Crippen LogP contribution in [0, 0.1) is 5.82 Å². The molecule has 140 valence electrons. The molecular weight excluding hydrogens is 347 g/mol. The molecule has 4 rings (SSSR count). The largest absolute Gasteiger partial charge is 0.484 e.